The molecule has 0 spiro atoms. The van der Waals surface area contributed by atoms with Crippen molar-refractivity contribution in [2.24, 2.45) is 4.99 Å². The van der Waals surface area contributed by atoms with Crippen LogP contribution in [0.4, 0.5) is 5.69 Å². The van der Waals surface area contributed by atoms with Crippen molar-refractivity contribution < 1.29 is 9.84 Å². The number of thioether (sulfide) groups is 1. The largest absolute Gasteiger partial charge is 0.508 e. The average molecular weight is 511 g/mol. The fourth-order valence-corrected chi connectivity index (χ4v) is 5.04. The van der Waals surface area contributed by atoms with E-state index >= 15 is 0 Å². The summed E-state index contributed by atoms with van der Waals surface area (Å²) in [6, 6.07) is 28.6. The minimum atomic E-state index is 0.261. The summed E-state index contributed by atoms with van der Waals surface area (Å²) in [7, 11) is 1.68. The van der Waals surface area contributed by atoms with Crippen molar-refractivity contribution in [2.45, 2.75) is 45.7 Å². The van der Waals surface area contributed by atoms with Gasteiger partial charge in [-0.1, -0.05) is 77.5 Å². The first-order valence-electron chi connectivity index (χ1n) is 12.4. The van der Waals surface area contributed by atoms with Crippen LogP contribution in [0.25, 0.3) is 0 Å². The fourth-order valence-electron chi connectivity index (χ4n) is 4.09. The van der Waals surface area contributed by atoms with E-state index in [0.717, 1.165) is 32.6 Å². The van der Waals surface area contributed by atoms with E-state index in [9.17, 15) is 5.11 Å². The molecule has 0 radical (unpaired) electrons. The number of aromatic hydroxyl groups is 1. The lowest BCUT2D eigenvalue weighted by Gasteiger charge is -2.27. The van der Waals surface area contributed by atoms with Crippen LogP contribution in [0.2, 0.25) is 0 Å². The van der Waals surface area contributed by atoms with Gasteiger partial charge < -0.3 is 14.7 Å². The van der Waals surface area contributed by atoms with Crippen molar-refractivity contribution in [3.8, 4) is 11.5 Å². The van der Waals surface area contributed by atoms with Crippen molar-refractivity contribution in [3.63, 3.8) is 0 Å². The number of aliphatic imine (C=N–C) groups is 1. The van der Waals surface area contributed by atoms with Crippen molar-refractivity contribution >= 4 is 22.6 Å². The number of amidine groups is 1. The lowest BCUT2D eigenvalue weighted by molar-refractivity contribution is 0.410. The highest BCUT2D eigenvalue weighted by molar-refractivity contribution is 8.13. The Kier molecular flexibility index (Phi) is 8.57. The minimum absolute atomic E-state index is 0.261. The maximum Gasteiger partial charge on any atom is 0.170 e. The molecule has 4 rings (SSSR count). The molecule has 0 atom stereocenters. The third-order valence-electron chi connectivity index (χ3n) is 6.16. The molecule has 0 bridgehead atoms. The second kappa shape index (κ2) is 12.0. The first-order valence-corrected chi connectivity index (χ1v) is 13.2. The van der Waals surface area contributed by atoms with Gasteiger partial charge in [-0.2, -0.15) is 0 Å². The van der Waals surface area contributed by atoms with Crippen LogP contribution in [0.15, 0.2) is 94.8 Å². The number of ether oxygens (including phenoxy) is 1. The van der Waals surface area contributed by atoms with Crippen LogP contribution in [0, 0.1) is 27.7 Å². The van der Waals surface area contributed by atoms with Gasteiger partial charge in [0.25, 0.3) is 0 Å². The van der Waals surface area contributed by atoms with Crippen LogP contribution < -0.4 is 4.74 Å². The number of rotatable bonds is 7. The lowest BCUT2D eigenvalue weighted by Crippen LogP contribution is -2.28. The summed E-state index contributed by atoms with van der Waals surface area (Å²) in [6.07, 6.45) is 0. The van der Waals surface area contributed by atoms with Gasteiger partial charge in [-0.3, -0.25) is 0 Å². The molecule has 0 aromatic heterocycles. The van der Waals surface area contributed by atoms with Gasteiger partial charge in [-0.25, -0.2) is 4.99 Å². The summed E-state index contributed by atoms with van der Waals surface area (Å²) >= 11 is 1.67. The summed E-state index contributed by atoms with van der Waals surface area (Å²) < 4.78 is 5.67. The van der Waals surface area contributed by atoms with Crippen molar-refractivity contribution in [2.75, 3.05) is 7.11 Å². The highest BCUT2D eigenvalue weighted by atomic mass is 32.2. The SMILES string of the molecule is COc1ccc(C)cc1N=C(Sc1ccc(C)cc1C)N(Cc1ccc(C)cc1)Cc1ccc(O)cc1. The predicted molar refractivity (Wildman–Crippen MR) is 155 cm³/mol. The van der Waals surface area contributed by atoms with Crippen LogP contribution in [0.5, 0.6) is 11.5 Å². The van der Waals surface area contributed by atoms with Gasteiger partial charge in [0.05, 0.1) is 7.11 Å². The molecule has 0 aliphatic carbocycles. The van der Waals surface area contributed by atoms with Crippen molar-refractivity contribution in [1.82, 2.24) is 4.90 Å². The third-order valence-corrected chi connectivity index (χ3v) is 7.37. The Morgan fingerprint density at radius 3 is 1.95 bits per heavy atom. The number of hydrogen-bond acceptors (Lipinski definition) is 4. The van der Waals surface area contributed by atoms with Gasteiger partial charge in [0.15, 0.2) is 5.17 Å². The molecule has 0 fully saturated rings. The van der Waals surface area contributed by atoms with E-state index in [1.807, 2.05) is 24.3 Å². The molecule has 5 heteroatoms. The Labute approximate surface area is 224 Å². The number of nitrogens with zero attached hydrogens (tertiary/aromatic N) is 2. The standard InChI is InChI=1S/C32H34N2O2S/c1-22-6-10-26(11-7-22)20-34(21-27-12-14-28(35)15-13-27)32(37-31-17-9-23(2)18-25(31)4)33-29-19-24(3)8-16-30(29)36-5/h6-19,35H,20-21H2,1-5H3. The fraction of sp³-hybridized carbons (Fsp3) is 0.219. The maximum absolute atomic E-state index is 9.83. The number of benzene rings is 4. The number of phenolic OH excluding ortho intramolecular Hbond substituents is 1. The molecule has 0 saturated heterocycles. The topological polar surface area (TPSA) is 45.1 Å². The Balaban J connectivity index is 1.82. The highest BCUT2D eigenvalue weighted by Gasteiger charge is 2.18. The number of hydrogen-bond donors (Lipinski definition) is 1. The molecule has 0 aliphatic rings. The van der Waals surface area contributed by atoms with Crippen LogP contribution in [0.1, 0.15) is 33.4 Å². The Bertz CT molecular complexity index is 1330. The molecule has 37 heavy (non-hydrogen) atoms. The second-order valence-electron chi connectivity index (χ2n) is 9.45. The van der Waals surface area contributed by atoms with Gasteiger partial charge in [0, 0.05) is 18.0 Å². The van der Waals surface area contributed by atoms with E-state index in [4.69, 9.17) is 9.73 Å². The first kappa shape index (κ1) is 26.4. The Morgan fingerprint density at radius 1 is 0.757 bits per heavy atom. The first-order chi connectivity index (χ1) is 17.8. The van der Waals surface area contributed by atoms with E-state index in [-0.39, 0.29) is 5.75 Å². The average Bonchev–Trinajstić information content (AvgIpc) is 2.87. The summed E-state index contributed by atoms with van der Waals surface area (Å²) in [6.45, 7) is 9.75. The molecular formula is C32H34N2O2S. The molecule has 0 heterocycles. The molecule has 1 N–H and O–H groups in total. The summed E-state index contributed by atoms with van der Waals surface area (Å²) in [5, 5.41) is 10.7. The van der Waals surface area contributed by atoms with Gasteiger partial charge in [-0.15, -0.1) is 0 Å². The van der Waals surface area contributed by atoms with Crippen molar-refractivity contribution in [3.05, 3.63) is 118 Å². The second-order valence-corrected chi connectivity index (χ2v) is 10.5. The summed E-state index contributed by atoms with van der Waals surface area (Å²) in [5.41, 5.74) is 7.91. The Hall–Kier alpha value is -3.70. The number of methoxy groups -OCH3 is 1. The molecule has 190 valence electrons. The lowest BCUT2D eigenvalue weighted by atomic mass is 10.1. The zero-order valence-electron chi connectivity index (χ0n) is 22.2. The monoisotopic (exact) mass is 510 g/mol. The molecule has 0 saturated carbocycles. The van der Waals surface area contributed by atoms with Gasteiger partial charge in [0.2, 0.25) is 0 Å². The quantitative estimate of drug-likeness (QED) is 0.155. The van der Waals surface area contributed by atoms with Gasteiger partial charge in [0.1, 0.15) is 17.2 Å². The summed E-state index contributed by atoms with van der Waals surface area (Å²) in [4.78, 5) is 8.66. The molecule has 4 aromatic rings. The van der Waals surface area contributed by atoms with Crippen LogP contribution in [0.3, 0.4) is 0 Å². The smallest absolute Gasteiger partial charge is 0.170 e. The predicted octanol–water partition coefficient (Wildman–Crippen LogP) is 8.12. The molecule has 0 aliphatic heterocycles. The van der Waals surface area contributed by atoms with Crippen LogP contribution in [-0.4, -0.2) is 22.3 Å². The third kappa shape index (κ3) is 7.17. The van der Waals surface area contributed by atoms with Gasteiger partial charge >= 0.3 is 0 Å². The van der Waals surface area contributed by atoms with E-state index in [0.29, 0.717) is 13.1 Å². The van der Waals surface area contributed by atoms with E-state index in [1.165, 1.54) is 22.3 Å². The van der Waals surface area contributed by atoms with Gasteiger partial charge in [-0.05, 0) is 80.3 Å². The molecule has 4 nitrogen and oxygen atoms in total. The summed E-state index contributed by atoms with van der Waals surface area (Å²) in [5.74, 6) is 1.00. The Morgan fingerprint density at radius 2 is 1.32 bits per heavy atom. The highest BCUT2D eigenvalue weighted by Crippen LogP contribution is 2.34. The van der Waals surface area contributed by atoms with E-state index < -0.39 is 0 Å². The number of phenols is 1. The zero-order chi connectivity index (χ0) is 26.4. The molecule has 0 amide bonds. The normalized spacial score (nSPS) is 11.4. The molecule has 0 unspecified atom stereocenters. The molecular weight excluding hydrogens is 476 g/mol. The minimum Gasteiger partial charge on any atom is -0.508 e. The zero-order valence-corrected chi connectivity index (χ0v) is 23.0. The van der Waals surface area contributed by atoms with Crippen LogP contribution in [-0.2, 0) is 13.1 Å². The van der Waals surface area contributed by atoms with E-state index in [2.05, 4.69) is 81.1 Å². The van der Waals surface area contributed by atoms with Crippen LogP contribution >= 0.6 is 11.8 Å². The maximum atomic E-state index is 9.83. The number of aryl methyl sites for hydroxylation is 4. The molecule has 4 aromatic carbocycles. The van der Waals surface area contributed by atoms with E-state index in [1.54, 1.807) is 31.0 Å². The van der Waals surface area contributed by atoms with Crippen molar-refractivity contribution in [1.29, 1.82) is 0 Å².